The zero-order chi connectivity index (χ0) is 15.5. The number of hydrogen-bond donors (Lipinski definition) is 2. The second-order valence-corrected chi connectivity index (χ2v) is 7.92. The van der Waals surface area contributed by atoms with E-state index in [9.17, 15) is 8.42 Å². The molecular formula is C13H23N5O2S. The minimum absolute atomic E-state index is 0.0913. The van der Waals surface area contributed by atoms with Gasteiger partial charge >= 0.3 is 0 Å². The molecule has 2 N–H and O–H groups in total. The molecule has 0 aliphatic carbocycles. The second kappa shape index (κ2) is 6.57. The Morgan fingerprint density at radius 3 is 2.76 bits per heavy atom. The van der Waals surface area contributed by atoms with Gasteiger partial charge in [-0.2, -0.15) is 4.98 Å². The van der Waals surface area contributed by atoms with E-state index >= 15 is 0 Å². The summed E-state index contributed by atoms with van der Waals surface area (Å²) in [4.78, 5) is 10.8. The van der Waals surface area contributed by atoms with Gasteiger partial charge in [0.25, 0.3) is 0 Å². The predicted molar refractivity (Wildman–Crippen MR) is 84.5 cm³/mol. The Bertz CT molecular complexity index is 588. The van der Waals surface area contributed by atoms with Crippen molar-refractivity contribution in [3.05, 3.63) is 11.8 Å². The molecule has 1 saturated heterocycles. The molecule has 1 atom stereocenters. The Hall–Kier alpha value is -1.41. The third-order valence-corrected chi connectivity index (χ3v) is 5.05. The maximum Gasteiger partial charge on any atom is 0.225 e. The average Bonchev–Trinajstić information content (AvgIpc) is 2.67. The molecule has 1 aromatic heterocycles. The standard InChI is InChI=1S/C13H23N5O2S/c1-10-8-12(14-5-6-18(2)3)17-13(15-10)16-11-4-7-21(19,20)9-11/h8,11H,4-7,9H2,1-3H3,(H2,14,15,16,17). The first-order chi connectivity index (χ1) is 9.84. The van der Waals surface area contributed by atoms with Crippen molar-refractivity contribution in [2.75, 3.05) is 49.3 Å². The van der Waals surface area contributed by atoms with Gasteiger partial charge in [-0.3, -0.25) is 0 Å². The van der Waals surface area contributed by atoms with Gasteiger partial charge in [0.05, 0.1) is 11.5 Å². The maximum atomic E-state index is 11.5. The SMILES string of the molecule is Cc1cc(NCCN(C)C)nc(NC2CCS(=O)(=O)C2)n1. The van der Waals surface area contributed by atoms with Gasteiger partial charge in [0, 0.05) is 30.9 Å². The maximum absolute atomic E-state index is 11.5. The van der Waals surface area contributed by atoms with Crippen LogP contribution in [0, 0.1) is 6.92 Å². The highest BCUT2D eigenvalue weighted by molar-refractivity contribution is 7.91. The zero-order valence-corrected chi connectivity index (χ0v) is 13.6. The number of hydrogen-bond acceptors (Lipinski definition) is 7. The number of nitrogens with one attached hydrogen (secondary N) is 2. The van der Waals surface area contributed by atoms with Gasteiger partial charge in [0.1, 0.15) is 5.82 Å². The Labute approximate surface area is 126 Å². The lowest BCUT2D eigenvalue weighted by Crippen LogP contribution is -2.23. The summed E-state index contributed by atoms with van der Waals surface area (Å²) in [7, 11) is 1.13. The van der Waals surface area contributed by atoms with E-state index in [2.05, 4.69) is 25.5 Å². The Morgan fingerprint density at radius 1 is 1.38 bits per heavy atom. The fourth-order valence-electron chi connectivity index (χ4n) is 2.22. The molecule has 118 valence electrons. The van der Waals surface area contributed by atoms with Crippen molar-refractivity contribution in [3.8, 4) is 0 Å². The van der Waals surface area contributed by atoms with Crippen molar-refractivity contribution >= 4 is 21.6 Å². The number of anilines is 2. The monoisotopic (exact) mass is 313 g/mol. The molecule has 0 aromatic carbocycles. The largest absolute Gasteiger partial charge is 0.369 e. The molecule has 1 fully saturated rings. The van der Waals surface area contributed by atoms with E-state index in [0.717, 1.165) is 24.6 Å². The van der Waals surface area contributed by atoms with Gasteiger partial charge in [-0.1, -0.05) is 0 Å². The van der Waals surface area contributed by atoms with Crippen LogP contribution < -0.4 is 10.6 Å². The van der Waals surface area contributed by atoms with E-state index < -0.39 is 9.84 Å². The summed E-state index contributed by atoms with van der Waals surface area (Å²) in [6.45, 7) is 3.60. The molecule has 1 aliphatic heterocycles. The van der Waals surface area contributed by atoms with Gasteiger partial charge in [0.15, 0.2) is 9.84 Å². The smallest absolute Gasteiger partial charge is 0.225 e. The predicted octanol–water partition coefficient (Wildman–Crippen LogP) is 0.358. The first-order valence-electron chi connectivity index (χ1n) is 7.05. The van der Waals surface area contributed by atoms with Crippen LogP contribution in [0.25, 0.3) is 0 Å². The number of nitrogens with zero attached hydrogens (tertiary/aromatic N) is 3. The van der Waals surface area contributed by atoms with Crippen LogP contribution >= 0.6 is 0 Å². The fourth-order valence-corrected chi connectivity index (χ4v) is 3.90. The fraction of sp³-hybridized carbons (Fsp3) is 0.692. The first-order valence-corrected chi connectivity index (χ1v) is 8.87. The summed E-state index contributed by atoms with van der Waals surface area (Å²) in [5.74, 6) is 1.65. The van der Waals surface area contributed by atoms with Crippen molar-refractivity contribution in [3.63, 3.8) is 0 Å². The normalized spacial score (nSPS) is 20.7. The molecule has 8 heteroatoms. The van der Waals surface area contributed by atoms with Gasteiger partial charge in [-0.25, -0.2) is 13.4 Å². The molecule has 0 spiro atoms. The molecule has 21 heavy (non-hydrogen) atoms. The van der Waals surface area contributed by atoms with Crippen LogP contribution in [-0.2, 0) is 9.84 Å². The third-order valence-electron chi connectivity index (χ3n) is 3.29. The molecule has 2 heterocycles. The highest BCUT2D eigenvalue weighted by atomic mass is 32.2. The van der Waals surface area contributed by atoms with E-state index in [1.54, 1.807) is 0 Å². The molecule has 7 nitrogen and oxygen atoms in total. The van der Waals surface area contributed by atoms with Crippen molar-refractivity contribution < 1.29 is 8.42 Å². The average molecular weight is 313 g/mol. The summed E-state index contributed by atoms with van der Waals surface area (Å²) in [6.07, 6.45) is 0.614. The van der Waals surface area contributed by atoms with Crippen LogP contribution in [0.15, 0.2) is 6.07 Å². The molecular weight excluding hydrogens is 290 g/mol. The third kappa shape index (κ3) is 5.13. The van der Waals surface area contributed by atoms with Gasteiger partial charge in [-0.15, -0.1) is 0 Å². The van der Waals surface area contributed by atoms with Crippen LogP contribution in [0.1, 0.15) is 12.1 Å². The number of aryl methyl sites for hydroxylation is 1. The molecule has 1 aliphatic rings. The summed E-state index contributed by atoms with van der Waals surface area (Å²) in [5.41, 5.74) is 0.848. The summed E-state index contributed by atoms with van der Waals surface area (Å²) in [6, 6.07) is 1.79. The number of rotatable bonds is 6. The van der Waals surface area contributed by atoms with Crippen molar-refractivity contribution in [1.29, 1.82) is 0 Å². The summed E-state index contributed by atoms with van der Waals surface area (Å²) in [5, 5.41) is 6.37. The van der Waals surface area contributed by atoms with Crippen molar-refractivity contribution in [2.45, 2.75) is 19.4 Å². The van der Waals surface area contributed by atoms with Crippen LogP contribution in [0.2, 0.25) is 0 Å². The Morgan fingerprint density at radius 2 is 2.14 bits per heavy atom. The zero-order valence-electron chi connectivity index (χ0n) is 12.8. The van der Waals surface area contributed by atoms with Crippen molar-refractivity contribution in [2.24, 2.45) is 0 Å². The number of sulfone groups is 1. The number of aromatic nitrogens is 2. The van der Waals surface area contributed by atoms with Gasteiger partial charge in [0.2, 0.25) is 5.95 Å². The second-order valence-electron chi connectivity index (χ2n) is 5.69. The van der Waals surface area contributed by atoms with E-state index in [0.29, 0.717) is 12.4 Å². The van der Waals surface area contributed by atoms with E-state index in [1.165, 1.54) is 0 Å². The lowest BCUT2D eigenvalue weighted by molar-refractivity contribution is 0.425. The highest BCUT2D eigenvalue weighted by Crippen LogP contribution is 2.17. The van der Waals surface area contributed by atoms with Crippen molar-refractivity contribution in [1.82, 2.24) is 14.9 Å². The minimum atomic E-state index is -2.90. The molecule has 0 saturated carbocycles. The van der Waals surface area contributed by atoms with E-state index in [-0.39, 0.29) is 17.5 Å². The molecule has 0 bridgehead atoms. The minimum Gasteiger partial charge on any atom is -0.369 e. The number of likely N-dealkylation sites (N-methyl/N-ethyl adjacent to an activating group) is 1. The van der Waals surface area contributed by atoms with Gasteiger partial charge < -0.3 is 15.5 Å². The molecule has 1 unspecified atom stereocenters. The summed E-state index contributed by atoms with van der Waals surface area (Å²) >= 11 is 0. The highest BCUT2D eigenvalue weighted by Gasteiger charge is 2.28. The topological polar surface area (TPSA) is 87.2 Å². The van der Waals surface area contributed by atoms with Gasteiger partial charge in [-0.05, 0) is 27.4 Å². The van der Waals surface area contributed by atoms with Crippen LogP contribution in [-0.4, -0.2) is 68.0 Å². The molecule has 1 aromatic rings. The van der Waals surface area contributed by atoms with Crippen LogP contribution in [0.4, 0.5) is 11.8 Å². The Balaban J connectivity index is 1.98. The Kier molecular flexibility index (Phi) is 5.00. The summed E-state index contributed by atoms with van der Waals surface area (Å²) < 4.78 is 22.9. The molecule has 0 radical (unpaired) electrons. The van der Waals surface area contributed by atoms with E-state index in [4.69, 9.17) is 0 Å². The van der Waals surface area contributed by atoms with E-state index in [1.807, 2.05) is 27.1 Å². The lowest BCUT2D eigenvalue weighted by Gasteiger charge is -2.14. The first kappa shape index (κ1) is 16.0. The lowest BCUT2D eigenvalue weighted by atomic mass is 10.3. The molecule has 0 amide bonds. The van der Waals surface area contributed by atoms with Crippen LogP contribution in [0.5, 0.6) is 0 Å². The molecule has 2 rings (SSSR count). The quantitative estimate of drug-likeness (QED) is 0.784. The van der Waals surface area contributed by atoms with Crippen LogP contribution in [0.3, 0.4) is 0 Å².